The van der Waals surface area contributed by atoms with Crippen LogP contribution in [0.1, 0.15) is 54.9 Å². The van der Waals surface area contributed by atoms with Crippen molar-refractivity contribution in [3.05, 3.63) is 107 Å². The van der Waals surface area contributed by atoms with Crippen molar-refractivity contribution in [3.63, 3.8) is 0 Å². The molecule has 0 radical (unpaired) electrons. The standard InChI is InChI=1S/C16H18N4O2S.C16H18N4OS.C16H18N4S/c1-5-23(21,22)14-7-6-10(2)18-15(14)16-19-12-8-11(3)17-9-13(12)20(16)4;1-5-22(21)14-7-6-10(2)18-15(14)16-19-12-8-11(3)17-9-13(12)20(16)4;1-5-21-14-7-6-10(2)18-15(14)16-19-12-8-11(3)17-9-13(12)20(16)4/h6-9H,5H2,1-4H3;6-9H,5H2,1-4H3;6-9H,5H2,1-4H3. The summed E-state index contributed by atoms with van der Waals surface area (Å²) in [6, 6.07) is 17.1. The number of hydrogen-bond acceptors (Lipinski definition) is 13. The summed E-state index contributed by atoms with van der Waals surface area (Å²) in [4.78, 5) is 42.9. The van der Waals surface area contributed by atoms with Gasteiger partial charge in [-0.05, 0) is 102 Å². The number of imidazole rings is 3. The fourth-order valence-corrected chi connectivity index (χ4v) is 9.98. The number of hydrogen-bond donors (Lipinski definition) is 0. The predicted molar refractivity (Wildman–Crippen MR) is 265 cm³/mol. The molecule has 0 fully saturated rings. The zero-order chi connectivity index (χ0) is 47.6. The minimum absolute atomic E-state index is 0.0232. The normalized spacial score (nSPS) is 12.0. The molecule has 9 rings (SSSR count). The first kappa shape index (κ1) is 47.7. The van der Waals surface area contributed by atoms with Gasteiger partial charge in [-0.1, -0.05) is 20.8 Å². The Balaban J connectivity index is 0.000000147. The van der Waals surface area contributed by atoms with Crippen LogP contribution in [0.3, 0.4) is 0 Å². The van der Waals surface area contributed by atoms with Gasteiger partial charge in [-0.25, -0.2) is 38.3 Å². The average Bonchev–Trinajstić information content (AvgIpc) is 3.92. The molecule has 1 atom stereocenters. The third-order valence-electron chi connectivity index (χ3n) is 10.9. The van der Waals surface area contributed by atoms with Crippen molar-refractivity contribution in [3.8, 4) is 34.6 Å². The van der Waals surface area contributed by atoms with E-state index in [1.165, 1.54) is 4.90 Å². The molecule has 1 unspecified atom stereocenters. The van der Waals surface area contributed by atoms with Gasteiger partial charge in [0.2, 0.25) is 0 Å². The number of pyridine rings is 6. The van der Waals surface area contributed by atoms with Crippen LogP contribution >= 0.6 is 11.8 Å². The van der Waals surface area contributed by atoms with Crippen molar-refractivity contribution in [2.24, 2.45) is 21.1 Å². The van der Waals surface area contributed by atoms with Gasteiger partial charge >= 0.3 is 0 Å². The summed E-state index contributed by atoms with van der Waals surface area (Å²) in [5.41, 5.74) is 12.9. The Labute approximate surface area is 392 Å². The molecule has 0 N–H and O–H groups in total. The van der Waals surface area contributed by atoms with E-state index in [1.807, 2.05) is 121 Å². The van der Waals surface area contributed by atoms with E-state index >= 15 is 0 Å². The number of aryl methyl sites for hydroxylation is 9. The maximum Gasteiger partial charge on any atom is 0.180 e. The largest absolute Gasteiger partial charge is 0.325 e. The number of aromatic nitrogens is 12. The molecule has 0 amide bonds. The molecule has 0 aliphatic rings. The van der Waals surface area contributed by atoms with E-state index in [4.69, 9.17) is 9.97 Å². The predicted octanol–water partition coefficient (Wildman–Crippen LogP) is 8.97. The van der Waals surface area contributed by atoms with E-state index in [0.29, 0.717) is 23.0 Å². The molecule has 15 nitrogen and oxygen atoms in total. The fraction of sp³-hybridized carbons (Fsp3) is 0.312. The van der Waals surface area contributed by atoms with Crippen molar-refractivity contribution in [2.45, 2.75) is 77.0 Å². The molecular formula is C48H54N12O3S3. The second kappa shape index (κ2) is 19.7. The molecule has 66 heavy (non-hydrogen) atoms. The second-order valence-electron chi connectivity index (χ2n) is 15.8. The summed E-state index contributed by atoms with van der Waals surface area (Å²) in [5, 5.41) is 0. The van der Waals surface area contributed by atoms with Crippen LogP contribution in [0.25, 0.3) is 67.7 Å². The van der Waals surface area contributed by atoms with Gasteiger partial charge in [0, 0.05) is 66.0 Å². The first-order valence-corrected chi connectivity index (χ1v) is 25.4. The molecule has 0 aliphatic carbocycles. The van der Waals surface area contributed by atoms with Gasteiger partial charge in [0.15, 0.2) is 27.3 Å². The number of sulfone groups is 1. The lowest BCUT2D eigenvalue weighted by molar-refractivity contribution is 0.597. The van der Waals surface area contributed by atoms with Gasteiger partial charge in [0.1, 0.15) is 17.1 Å². The highest BCUT2D eigenvalue weighted by atomic mass is 32.2. The Hall–Kier alpha value is -6.24. The summed E-state index contributed by atoms with van der Waals surface area (Å²) >= 11 is 1.80. The lowest BCUT2D eigenvalue weighted by Crippen LogP contribution is -2.09. The third kappa shape index (κ3) is 9.81. The Morgan fingerprint density at radius 3 is 1.39 bits per heavy atom. The molecule has 0 spiro atoms. The fourth-order valence-electron chi connectivity index (χ4n) is 7.33. The Morgan fingerprint density at radius 2 is 0.939 bits per heavy atom. The van der Waals surface area contributed by atoms with Crippen LogP contribution in [0, 0.1) is 41.5 Å². The molecule has 0 saturated carbocycles. The van der Waals surface area contributed by atoms with Crippen LogP contribution in [0.15, 0.2) is 87.9 Å². The number of thioether (sulfide) groups is 1. The summed E-state index contributed by atoms with van der Waals surface area (Å²) in [6.07, 6.45) is 5.43. The molecule has 0 aliphatic heterocycles. The van der Waals surface area contributed by atoms with Crippen molar-refractivity contribution >= 4 is 65.5 Å². The molecular weight excluding hydrogens is 889 g/mol. The minimum Gasteiger partial charge on any atom is -0.325 e. The lowest BCUT2D eigenvalue weighted by atomic mass is 10.3. The van der Waals surface area contributed by atoms with E-state index in [-0.39, 0.29) is 10.6 Å². The monoisotopic (exact) mass is 942 g/mol. The van der Waals surface area contributed by atoms with Crippen molar-refractivity contribution in [1.29, 1.82) is 0 Å². The first-order chi connectivity index (χ1) is 31.4. The molecule has 0 bridgehead atoms. The first-order valence-electron chi connectivity index (χ1n) is 21.5. The summed E-state index contributed by atoms with van der Waals surface area (Å²) in [6.45, 7) is 17.3. The lowest BCUT2D eigenvalue weighted by Gasteiger charge is -2.09. The van der Waals surface area contributed by atoms with Crippen LogP contribution in [-0.4, -0.2) is 88.4 Å². The van der Waals surface area contributed by atoms with Crippen LogP contribution in [0.4, 0.5) is 0 Å². The maximum absolute atomic E-state index is 12.4. The minimum atomic E-state index is -3.39. The highest BCUT2D eigenvalue weighted by Crippen LogP contribution is 2.32. The van der Waals surface area contributed by atoms with Crippen molar-refractivity contribution < 1.29 is 12.6 Å². The second-order valence-corrected chi connectivity index (χ2v) is 21.1. The van der Waals surface area contributed by atoms with Crippen LogP contribution in [-0.2, 0) is 41.8 Å². The summed E-state index contributed by atoms with van der Waals surface area (Å²) in [7, 11) is 1.33. The smallest absolute Gasteiger partial charge is 0.180 e. The Kier molecular flexibility index (Phi) is 14.2. The van der Waals surface area contributed by atoms with Crippen molar-refractivity contribution in [2.75, 3.05) is 17.3 Å². The van der Waals surface area contributed by atoms with Crippen molar-refractivity contribution in [1.82, 2.24) is 58.6 Å². The molecule has 0 saturated heterocycles. The van der Waals surface area contributed by atoms with E-state index in [0.717, 1.165) is 95.3 Å². The highest BCUT2D eigenvalue weighted by Gasteiger charge is 2.24. The van der Waals surface area contributed by atoms with Gasteiger partial charge < -0.3 is 13.7 Å². The SMILES string of the molecule is CCS(=O)(=O)c1ccc(C)nc1-c1nc2cc(C)ncc2n1C.CCS(=O)c1ccc(C)nc1-c1nc2cc(C)ncc2n1C.CCSc1ccc(C)nc1-c1nc2cc(C)ncc2n1C. The molecule has 0 aromatic carbocycles. The third-order valence-corrected chi connectivity index (χ3v) is 14.9. The van der Waals surface area contributed by atoms with E-state index < -0.39 is 20.6 Å². The maximum atomic E-state index is 12.4. The van der Waals surface area contributed by atoms with Crippen LogP contribution in [0.2, 0.25) is 0 Å². The number of fused-ring (bicyclic) bond motifs is 3. The topological polar surface area (TPSA) is 182 Å². The van der Waals surface area contributed by atoms with Gasteiger partial charge in [0.05, 0.1) is 78.0 Å². The van der Waals surface area contributed by atoms with Gasteiger partial charge in [-0.3, -0.25) is 19.2 Å². The molecule has 342 valence electrons. The quantitative estimate of drug-likeness (QED) is 0.125. The van der Waals surface area contributed by atoms with Crippen LogP contribution < -0.4 is 0 Å². The zero-order valence-corrected chi connectivity index (χ0v) is 41.8. The van der Waals surface area contributed by atoms with E-state index in [9.17, 15) is 12.6 Å². The molecule has 9 aromatic heterocycles. The van der Waals surface area contributed by atoms with Gasteiger partial charge in [0.25, 0.3) is 0 Å². The Morgan fingerprint density at radius 1 is 0.530 bits per heavy atom. The summed E-state index contributed by atoms with van der Waals surface area (Å²) < 4.78 is 43.0. The van der Waals surface area contributed by atoms with E-state index in [2.05, 4.69) is 58.5 Å². The van der Waals surface area contributed by atoms with Crippen LogP contribution in [0.5, 0.6) is 0 Å². The van der Waals surface area contributed by atoms with E-state index in [1.54, 1.807) is 37.0 Å². The van der Waals surface area contributed by atoms with Gasteiger partial charge in [-0.2, -0.15) is 0 Å². The molecule has 9 aromatic rings. The summed E-state index contributed by atoms with van der Waals surface area (Å²) in [5.74, 6) is 3.75. The molecule has 18 heteroatoms. The highest BCUT2D eigenvalue weighted by molar-refractivity contribution is 7.99. The zero-order valence-electron chi connectivity index (χ0n) is 39.4. The number of nitrogens with zero attached hydrogens (tertiary/aromatic N) is 12. The average molecular weight is 943 g/mol. The van der Waals surface area contributed by atoms with Gasteiger partial charge in [-0.15, -0.1) is 11.8 Å². The Bertz CT molecular complexity index is 3410. The molecule has 9 heterocycles. The number of rotatable bonds is 9.